The molecule has 0 saturated carbocycles. The first kappa shape index (κ1) is 25.8. The predicted molar refractivity (Wildman–Crippen MR) is 146 cm³/mol. The highest BCUT2D eigenvalue weighted by Gasteiger charge is 2.31. The van der Waals surface area contributed by atoms with Crippen LogP contribution in [0.4, 0.5) is 0 Å². The molecule has 4 heterocycles. The second kappa shape index (κ2) is 11.7. The van der Waals surface area contributed by atoms with Crippen molar-refractivity contribution < 1.29 is 14.1 Å². The summed E-state index contributed by atoms with van der Waals surface area (Å²) in [6, 6.07) is 15.5. The van der Waals surface area contributed by atoms with Gasteiger partial charge in [0.25, 0.3) is 11.8 Å². The third-order valence-corrected chi connectivity index (χ3v) is 8.04. The zero-order chi connectivity index (χ0) is 26.5. The number of hydrogen-bond donors (Lipinski definition) is 0. The summed E-state index contributed by atoms with van der Waals surface area (Å²) in [5.74, 6) is 0.659. The van der Waals surface area contributed by atoms with Gasteiger partial charge in [-0.1, -0.05) is 41.6 Å². The van der Waals surface area contributed by atoms with Gasteiger partial charge in [0, 0.05) is 61.4 Å². The monoisotopic (exact) mass is 529 g/mol. The number of amides is 2. The molecule has 0 bridgehead atoms. The fraction of sp³-hybridized carbons (Fsp3) is 0.345. The lowest BCUT2D eigenvalue weighted by atomic mass is 9.96. The van der Waals surface area contributed by atoms with Gasteiger partial charge in [0.15, 0.2) is 0 Å². The van der Waals surface area contributed by atoms with Gasteiger partial charge in [0.1, 0.15) is 22.7 Å². The SMILES string of the molecule is CCN(CCc1ccccn1)C(=O)c1csc(C2CCN(C(=O)c3c(-c4ccccc4)noc3C)CC2)n1. The summed E-state index contributed by atoms with van der Waals surface area (Å²) in [6.45, 7) is 6.23. The number of piperidine rings is 1. The smallest absolute Gasteiger partial charge is 0.273 e. The molecule has 5 rings (SSSR count). The third-order valence-electron chi connectivity index (χ3n) is 7.03. The zero-order valence-electron chi connectivity index (χ0n) is 21.7. The van der Waals surface area contributed by atoms with Crippen molar-refractivity contribution >= 4 is 23.2 Å². The van der Waals surface area contributed by atoms with Gasteiger partial charge in [0.05, 0.1) is 5.01 Å². The molecule has 1 saturated heterocycles. The van der Waals surface area contributed by atoms with Crippen LogP contribution in [0.25, 0.3) is 11.3 Å². The fourth-order valence-electron chi connectivity index (χ4n) is 4.84. The van der Waals surface area contributed by atoms with Crippen LogP contribution in [0.15, 0.2) is 64.6 Å². The van der Waals surface area contributed by atoms with E-state index >= 15 is 0 Å². The number of carbonyl (C=O) groups excluding carboxylic acids is 2. The summed E-state index contributed by atoms with van der Waals surface area (Å²) in [7, 11) is 0. The van der Waals surface area contributed by atoms with E-state index in [0.29, 0.717) is 55.3 Å². The number of benzene rings is 1. The first-order chi connectivity index (χ1) is 18.5. The molecule has 1 fully saturated rings. The van der Waals surface area contributed by atoms with Crippen LogP contribution in [0.2, 0.25) is 0 Å². The Hall–Kier alpha value is -3.85. The Morgan fingerprint density at radius 3 is 2.58 bits per heavy atom. The van der Waals surface area contributed by atoms with Crippen LogP contribution in [0, 0.1) is 6.92 Å². The molecule has 0 atom stereocenters. The lowest BCUT2D eigenvalue weighted by Gasteiger charge is -2.31. The number of pyridine rings is 1. The van der Waals surface area contributed by atoms with Crippen LogP contribution in [0.3, 0.4) is 0 Å². The number of rotatable bonds is 8. The van der Waals surface area contributed by atoms with E-state index in [2.05, 4.69) is 10.1 Å². The molecule has 0 aliphatic carbocycles. The number of likely N-dealkylation sites (N-methyl/N-ethyl adjacent to an activating group) is 1. The van der Waals surface area contributed by atoms with Crippen molar-refractivity contribution in [2.75, 3.05) is 26.2 Å². The van der Waals surface area contributed by atoms with Crippen molar-refractivity contribution in [3.05, 3.63) is 87.8 Å². The second-order valence-electron chi connectivity index (χ2n) is 9.42. The summed E-state index contributed by atoms with van der Waals surface area (Å²) in [6.07, 6.45) is 4.08. The molecule has 0 spiro atoms. The highest BCUT2D eigenvalue weighted by molar-refractivity contribution is 7.09. The minimum atomic E-state index is -0.0532. The van der Waals surface area contributed by atoms with Crippen molar-refractivity contribution in [3.8, 4) is 11.3 Å². The molecule has 3 aromatic heterocycles. The standard InChI is InChI=1S/C29H31N5O3S/c1-3-33(18-14-23-11-7-8-15-30-23)28(35)24-19-38-27(31-24)22-12-16-34(17-13-22)29(36)25-20(2)37-32-26(25)21-9-5-4-6-10-21/h4-11,15,19,22H,3,12-14,16-18H2,1-2H3. The molecule has 0 unspecified atom stereocenters. The van der Waals surface area contributed by atoms with Crippen LogP contribution in [-0.4, -0.2) is 62.9 Å². The van der Waals surface area contributed by atoms with Gasteiger partial charge in [-0.25, -0.2) is 4.98 Å². The molecule has 8 nitrogen and oxygen atoms in total. The minimum Gasteiger partial charge on any atom is -0.360 e. The third kappa shape index (κ3) is 5.52. The Kier molecular flexibility index (Phi) is 7.93. The van der Waals surface area contributed by atoms with Crippen molar-refractivity contribution in [1.29, 1.82) is 0 Å². The average Bonchev–Trinajstić information content (AvgIpc) is 3.61. The van der Waals surface area contributed by atoms with Crippen molar-refractivity contribution in [3.63, 3.8) is 0 Å². The second-order valence-corrected chi connectivity index (χ2v) is 10.3. The molecule has 2 amide bonds. The summed E-state index contributed by atoms with van der Waals surface area (Å²) in [5, 5.41) is 7.00. The van der Waals surface area contributed by atoms with E-state index in [1.54, 1.807) is 13.1 Å². The molecule has 0 N–H and O–H groups in total. The normalized spacial score (nSPS) is 14.0. The quantitative estimate of drug-likeness (QED) is 0.311. The number of nitrogens with zero attached hydrogens (tertiary/aromatic N) is 5. The maximum Gasteiger partial charge on any atom is 0.273 e. The number of likely N-dealkylation sites (tertiary alicyclic amines) is 1. The number of aryl methyl sites for hydroxylation is 1. The molecular formula is C29H31N5O3S. The van der Waals surface area contributed by atoms with E-state index in [1.165, 1.54) is 11.3 Å². The minimum absolute atomic E-state index is 0.0464. The summed E-state index contributed by atoms with van der Waals surface area (Å²) < 4.78 is 5.40. The van der Waals surface area contributed by atoms with Crippen molar-refractivity contribution in [1.82, 2.24) is 24.9 Å². The van der Waals surface area contributed by atoms with Crippen LogP contribution >= 0.6 is 11.3 Å². The molecule has 0 radical (unpaired) electrons. The Balaban J connectivity index is 1.20. The van der Waals surface area contributed by atoms with Crippen LogP contribution in [-0.2, 0) is 6.42 Å². The highest BCUT2D eigenvalue weighted by atomic mass is 32.1. The molecule has 1 aliphatic heterocycles. The first-order valence-electron chi connectivity index (χ1n) is 13.0. The van der Waals surface area contributed by atoms with Gasteiger partial charge in [-0.05, 0) is 38.8 Å². The van der Waals surface area contributed by atoms with Crippen molar-refractivity contribution in [2.45, 2.75) is 39.0 Å². The Morgan fingerprint density at radius 1 is 1.11 bits per heavy atom. The zero-order valence-corrected chi connectivity index (χ0v) is 22.5. The molecule has 4 aromatic rings. The topological polar surface area (TPSA) is 92.4 Å². The molecule has 1 aromatic carbocycles. The largest absolute Gasteiger partial charge is 0.360 e. The number of aromatic nitrogens is 3. The van der Waals surface area contributed by atoms with E-state index in [9.17, 15) is 9.59 Å². The summed E-state index contributed by atoms with van der Waals surface area (Å²) in [5.41, 5.74) is 3.45. The van der Waals surface area contributed by atoms with E-state index in [1.807, 2.05) is 70.6 Å². The van der Waals surface area contributed by atoms with E-state index in [-0.39, 0.29) is 17.7 Å². The van der Waals surface area contributed by atoms with Crippen LogP contribution < -0.4 is 0 Å². The summed E-state index contributed by atoms with van der Waals surface area (Å²) >= 11 is 1.54. The molecule has 9 heteroatoms. The number of carbonyl (C=O) groups is 2. The number of thiazole rings is 1. The summed E-state index contributed by atoms with van der Waals surface area (Å²) in [4.78, 5) is 39.3. The molecule has 1 aliphatic rings. The first-order valence-corrected chi connectivity index (χ1v) is 13.9. The Bertz CT molecular complexity index is 1380. The van der Waals surface area contributed by atoms with E-state index in [4.69, 9.17) is 9.51 Å². The van der Waals surface area contributed by atoms with E-state index in [0.717, 1.165) is 29.1 Å². The van der Waals surface area contributed by atoms with Gasteiger partial charge in [0.2, 0.25) is 0 Å². The van der Waals surface area contributed by atoms with E-state index < -0.39 is 0 Å². The number of hydrogen-bond acceptors (Lipinski definition) is 7. The maximum absolute atomic E-state index is 13.4. The lowest BCUT2D eigenvalue weighted by molar-refractivity contribution is 0.0711. The fourth-order valence-corrected chi connectivity index (χ4v) is 5.80. The van der Waals surface area contributed by atoms with Gasteiger partial charge in [-0.3, -0.25) is 14.6 Å². The Morgan fingerprint density at radius 2 is 1.87 bits per heavy atom. The van der Waals surface area contributed by atoms with Gasteiger partial charge in [-0.15, -0.1) is 11.3 Å². The van der Waals surface area contributed by atoms with Crippen molar-refractivity contribution in [2.24, 2.45) is 0 Å². The lowest BCUT2D eigenvalue weighted by Crippen LogP contribution is -2.38. The van der Waals surface area contributed by atoms with Gasteiger partial charge < -0.3 is 14.3 Å². The Labute approximate surface area is 226 Å². The molecular weight excluding hydrogens is 498 g/mol. The van der Waals surface area contributed by atoms with Crippen LogP contribution in [0.5, 0.6) is 0 Å². The predicted octanol–water partition coefficient (Wildman–Crippen LogP) is 5.23. The van der Waals surface area contributed by atoms with Crippen LogP contribution in [0.1, 0.15) is 63.0 Å². The maximum atomic E-state index is 13.4. The molecule has 38 heavy (non-hydrogen) atoms. The average molecular weight is 530 g/mol. The molecule has 196 valence electrons. The van der Waals surface area contributed by atoms with Gasteiger partial charge >= 0.3 is 0 Å². The van der Waals surface area contributed by atoms with Gasteiger partial charge in [-0.2, -0.15) is 0 Å². The highest BCUT2D eigenvalue weighted by Crippen LogP contribution is 2.33.